The summed E-state index contributed by atoms with van der Waals surface area (Å²) < 4.78 is 2.01. The molecule has 152 valence electrons. The Labute approximate surface area is 190 Å². The summed E-state index contributed by atoms with van der Waals surface area (Å²) in [5, 5.41) is 1.92. The van der Waals surface area contributed by atoms with E-state index in [9.17, 15) is 9.59 Å². The Bertz CT molecular complexity index is 1540. The van der Waals surface area contributed by atoms with E-state index in [-0.39, 0.29) is 5.82 Å². The second kappa shape index (κ2) is 7.81. The van der Waals surface area contributed by atoms with Crippen LogP contribution in [0.15, 0.2) is 77.6 Å². The van der Waals surface area contributed by atoms with Crippen LogP contribution in [0.2, 0.25) is 10.0 Å². The lowest BCUT2D eigenvalue weighted by molar-refractivity contribution is 0.101. The number of para-hydroxylation sites is 1. The molecule has 0 aliphatic rings. The average Bonchev–Trinajstić information content (AvgIpc) is 3.13. The first-order valence-corrected chi connectivity index (χ1v) is 10.9. The minimum Gasteiger partial charge on any atom is -0.267 e. The molecular weight excluding hydrogens is 453 g/mol. The van der Waals surface area contributed by atoms with Crippen LogP contribution in [0.1, 0.15) is 9.67 Å². The maximum absolute atomic E-state index is 13.3. The van der Waals surface area contributed by atoms with Crippen molar-refractivity contribution in [1.82, 2.24) is 9.66 Å². The van der Waals surface area contributed by atoms with Crippen LogP contribution in [-0.2, 0) is 0 Å². The molecule has 0 unspecified atom stereocenters. The third-order valence-corrected chi connectivity index (χ3v) is 6.85. The van der Waals surface area contributed by atoms with Crippen LogP contribution in [0.4, 0.5) is 0 Å². The van der Waals surface area contributed by atoms with Crippen LogP contribution in [0.5, 0.6) is 0 Å². The van der Waals surface area contributed by atoms with Gasteiger partial charge < -0.3 is 0 Å². The van der Waals surface area contributed by atoms with Gasteiger partial charge in [0.1, 0.15) is 4.88 Å². The molecule has 0 aliphatic heterocycles. The Balaban J connectivity index is 1.70. The number of hydrogen-bond acceptors (Lipinski definition) is 4. The largest absolute Gasteiger partial charge is 0.281 e. The number of carbonyl (C=O) groups excluding carboxylic acids is 1. The van der Waals surface area contributed by atoms with Gasteiger partial charge in [0.05, 0.1) is 20.9 Å². The first-order valence-electron chi connectivity index (χ1n) is 9.29. The lowest BCUT2D eigenvalue weighted by Crippen LogP contribution is -2.35. The van der Waals surface area contributed by atoms with E-state index in [4.69, 9.17) is 23.2 Å². The van der Waals surface area contributed by atoms with Gasteiger partial charge in [-0.05, 0) is 30.3 Å². The van der Waals surface area contributed by atoms with E-state index < -0.39 is 11.5 Å². The highest BCUT2D eigenvalue weighted by molar-refractivity contribution is 7.21. The van der Waals surface area contributed by atoms with Gasteiger partial charge in [0.25, 0.3) is 11.5 Å². The number of aromatic nitrogens is 2. The Morgan fingerprint density at radius 3 is 2.35 bits per heavy atom. The summed E-state index contributed by atoms with van der Waals surface area (Å²) in [6.07, 6.45) is 0. The van der Waals surface area contributed by atoms with Gasteiger partial charge in [0, 0.05) is 15.6 Å². The summed E-state index contributed by atoms with van der Waals surface area (Å²) >= 11 is 14.1. The molecule has 2 aromatic heterocycles. The smallest absolute Gasteiger partial charge is 0.267 e. The summed E-state index contributed by atoms with van der Waals surface area (Å²) in [5.41, 5.74) is 3.30. The molecule has 0 saturated carbocycles. The minimum absolute atomic E-state index is 0.236. The molecule has 5 aromatic rings. The predicted molar refractivity (Wildman–Crippen MR) is 127 cm³/mol. The molecule has 8 heteroatoms. The van der Waals surface area contributed by atoms with E-state index in [1.165, 1.54) is 11.3 Å². The van der Waals surface area contributed by atoms with Crippen molar-refractivity contribution < 1.29 is 4.79 Å². The van der Waals surface area contributed by atoms with Gasteiger partial charge in [-0.1, -0.05) is 65.7 Å². The molecule has 5 nitrogen and oxygen atoms in total. The molecule has 0 spiro atoms. The van der Waals surface area contributed by atoms with Crippen LogP contribution in [0.3, 0.4) is 0 Å². The first kappa shape index (κ1) is 19.8. The fraction of sp³-hybridized carbons (Fsp3) is 0. The van der Waals surface area contributed by atoms with Crippen molar-refractivity contribution >= 4 is 61.4 Å². The second-order valence-corrected chi connectivity index (χ2v) is 8.59. The summed E-state index contributed by atoms with van der Waals surface area (Å²) in [6.45, 7) is 0. The normalized spacial score (nSPS) is 11.2. The maximum atomic E-state index is 13.3. The number of benzene rings is 3. The summed E-state index contributed by atoms with van der Waals surface area (Å²) in [4.78, 5) is 31.4. The molecule has 0 atom stereocenters. The zero-order valence-electron chi connectivity index (χ0n) is 15.8. The van der Waals surface area contributed by atoms with E-state index in [0.29, 0.717) is 31.4 Å². The molecular formula is C23H13Cl2N3O2S. The summed E-state index contributed by atoms with van der Waals surface area (Å²) in [7, 11) is 0. The van der Waals surface area contributed by atoms with Crippen molar-refractivity contribution in [2.75, 3.05) is 5.43 Å². The molecule has 0 fully saturated rings. The highest BCUT2D eigenvalue weighted by Gasteiger charge is 2.21. The molecule has 0 saturated heterocycles. The SMILES string of the molecule is O=C(Nn1c(-c2ccccc2Cl)nc2ccccc2c1=O)c1sc2ccccc2c1Cl. The number of fused-ring (bicyclic) bond motifs is 2. The Kier molecular flexibility index (Phi) is 4.98. The van der Waals surface area contributed by atoms with Crippen molar-refractivity contribution in [3.05, 3.63) is 98.1 Å². The monoisotopic (exact) mass is 465 g/mol. The van der Waals surface area contributed by atoms with Gasteiger partial charge in [-0.3, -0.25) is 15.0 Å². The third-order valence-electron chi connectivity index (χ3n) is 4.84. The van der Waals surface area contributed by atoms with Crippen LogP contribution < -0.4 is 11.0 Å². The van der Waals surface area contributed by atoms with Crippen molar-refractivity contribution in [2.24, 2.45) is 0 Å². The lowest BCUT2D eigenvalue weighted by atomic mass is 10.2. The quantitative estimate of drug-likeness (QED) is 0.357. The molecule has 2 heterocycles. The molecule has 0 bridgehead atoms. The zero-order chi connectivity index (χ0) is 21.5. The molecule has 1 amide bonds. The number of nitrogens with zero attached hydrogens (tertiary/aromatic N) is 2. The van der Waals surface area contributed by atoms with Crippen LogP contribution in [0.25, 0.3) is 32.4 Å². The predicted octanol–water partition coefficient (Wildman–Crippen LogP) is 5.97. The highest BCUT2D eigenvalue weighted by Crippen LogP contribution is 2.35. The number of thiophene rings is 1. The fourth-order valence-electron chi connectivity index (χ4n) is 3.37. The van der Waals surface area contributed by atoms with Gasteiger partial charge >= 0.3 is 0 Å². The Hall–Kier alpha value is -3.19. The number of amides is 1. The van der Waals surface area contributed by atoms with E-state index in [2.05, 4.69) is 10.4 Å². The van der Waals surface area contributed by atoms with Crippen molar-refractivity contribution in [3.8, 4) is 11.4 Å². The van der Waals surface area contributed by atoms with Gasteiger partial charge in [0.2, 0.25) is 0 Å². The molecule has 1 N–H and O–H groups in total. The van der Waals surface area contributed by atoms with Gasteiger partial charge in [-0.25, -0.2) is 4.98 Å². The lowest BCUT2D eigenvalue weighted by Gasteiger charge is -2.15. The fourth-order valence-corrected chi connectivity index (χ4v) is 5.00. The number of carbonyl (C=O) groups is 1. The second-order valence-electron chi connectivity index (χ2n) is 6.76. The van der Waals surface area contributed by atoms with E-state index >= 15 is 0 Å². The van der Waals surface area contributed by atoms with Crippen LogP contribution in [-0.4, -0.2) is 15.6 Å². The van der Waals surface area contributed by atoms with Crippen molar-refractivity contribution in [3.63, 3.8) is 0 Å². The standard InChI is InChI=1S/C23H13Cl2N3O2S/c24-16-10-4-1-7-13(16)21-26-17-11-5-2-8-14(17)23(30)28(21)27-22(29)20-19(25)15-9-3-6-12-18(15)31-20/h1-12H,(H,27,29). The third kappa shape index (κ3) is 3.39. The number of rotatable bonds is 3. The minimum atomic E-state index is -0.501. The van der Waals surface area contributed by atoms with Crippen molar-refractivity contribution in [1.29, 1.82) is 0 Å². The average molecular weight is 466 g/mol. The maximum Gasteiger partial charge on any atom is 0.281 e. The Morgan fingerprint density at radius 2 is 1.58 bits per heavy atom. The van der Waals surface area contributed by atoms with Gasteiger partial charge in [-0.2, -0.15) is 4.68 Å². The van der Waals surface area contributed by atoms with Gasteiger partial charge in [-0.15, -0.1) is 11.3 Å². The molecule has 0 radical (unpaired) electrons. The number of nitrogens with one attached hydrogen (secondary N) is 1. The molecule has 31 heavy (non-hydrogen) atoms. The highest BCUT2D eigenvalue weighted by atomic mass is 35.5. The van der Waals surface area contributed by atoms with E-state index in [1.807, 2.05) is 24.3 Å². The topological polar surface area (TPSA) is 64.0 Å². The zero-order valence-corrected chi connectivity index (χ0v) is 18.1. The van der Waals surface area contributed by atoms with Crippen LogP contribution in [0, 0.1) is 0 Å². The number of hydrogen-bond donors (Lipinski definition) is 1. The van der Waals surface area contributed by atoms with E-state index in [1.54, 1.807) is 48.5 Å². The molecule has 0 aliphatic carbocycles. The van der Waals surface area contributed by atoms with Gasteiger partial charge in [0.15, 0.2) is 5.82 Å². The first-order chi connectivity index (χ1) is 15.0. The summed E-state index contributed by atoms with van der Waals surface area (Å²) in [5.74, 6) is -0.265. The van der Waals surface area contributed by atoms with Crippen LogP contribution >= 0.6 is 34.5 Å². The summed E-state index contributed by atoms with van der Waals surface area (Å²) in [6, 6.07) is 21.4. The number of halogens is 2. The Morgan fingerprint density at radius 1 is 0.903 bits per heavy atom. The van der Waals surface area contributed by atoms with E-state index in [0.717, 1.165) is 14.8 Å². The molecule has 3 aromatic carbocycles. The van der Waals surface area contributed by atoms with Crippen molar-refractivity contribution in [2.45, 2.75) is 0 Å². The molecule has 5 rings (SSSR count).